The molecule has 110 valence electrons. The SMILES string of the molecule is CCCOc1ccc(CC(Cl)C(=O)c2ccccc2)cc1. The summed E-state index contributed by atoms with van der Waals surface area (Å²) in [5.74, 6) is 0.810. The largest absolute Gasteiger partial charge is 0.494 e. The van der Waals surface area contributed by atoms with Crippen LogP contribution in [0.2, 0.25) is 0 Å². The number of Topliss-reactive ketones (excluding diaryl/α,β-unsaturated/α-hetero) is 1. The molecule has 0 bridgehead atoms. The first kappa shape index (κ1) is 15.6. The summed E-state index contributed by atoms with van der Waals surface area (Å²) in [6.45, 7) is 2.78. The second kappa shape index (κ2) is 7.84. The van der Waals surface area contributed by atoms with Gasteiger partial charge < -0.3 is 4.74 Å². The molecule has 0 saturated heterocycles. The Kier molecular flexibility index (Phi) is 5.82. The number of ether oxygens (including phenoxy) is 1. The van der Waals surface area contributed by atoms with Crippen molar-refractivity contribution in [3.8, 4) is 5.75 Å². The number of hydrogen-bond acceptors (Lipinski definition) is 2. The zero-order valence-corrected chi connectivity index (χ0v) is 12.8. The lowest BCUT2D eigenvalue weighted by Gasteiger charge is -2.10. The standard InChI is InChI=1S/C18H19ClO2/c1-2-12-21-16-10-8-14(9-11-16)13-17(19)18(20)15-6-4-3-5-7-15/h3-11,17H,2,12-13H2,1H3. The average Bonchev–Trinajstić information content (AvgIpc) is 2.54. The third-order valence-corrected chi connectivity index (χ3v) is 3.51. The fourth-order valence-corrected chi connectivity index (χ4v) is 2.33. The highest BCUT2D eigenvalue weighted by atomic mass is 35.5. The first-order valence-corrected chi connectivity index (χ1v) is 7.59. The molecule has 21 heavy (non-hydrogen) atoms. The van der Waals surface area contributed by atoms with Crippen molar-refractivity contribution in [2.75, 3.05) is 6.61 Å². The lowest BCUT2D eigenvalue weighted by molar-refractivity contribution is 0.0986. The van der Waals surface area contributed by atoms with Crippen molar-refractivity contribution >= 4 is 17.4 Å². The summed E-state index contributed by atoms with van der Waals surface area (Å²) in [6, 6.07) is 16.9. The fourth-order valence-electron chi connectivity index (χ4n) is 2.02. The van der Waals surface area contributed by atoms with Crippen LogP contribution < -0.4 is 4.74 Å². The van der Waals surface area contributed by atoms with Crippen LogP contribution in [-0.2, 0) is 6.42 Å². The third kappa shape index (κ3) is 4.61. The van der Waals surface area contributed by atoms with E-state index in [0.717, 1.165) is 17.7 Å². The second-order valence-corrected chi connectivity index (χ2v) is 5.42. The number of carbonyl (C=O) groups is 1. The molecule has 2 nitrogen and oxygen atoms in total. The molecule has 0 aliphatic carbocycles. The predicted molar refractivity (Wildman–Crippen MR) is 86.3 cm³/mol. The molecule has 2 rings (SSSR count). The van der Waals surface area contributed by atoms with Crippen molar-refractivity contribution in [2.45, 2.75) is 25.1 Å². The van der Waals surface area contributed by atoms with Crippen LogP contribution in [0.4, 0.5) is 0 Å². The molecule has 0 amide bonds. The smallest absolute Gasteiger partial charge is 0.180 e. The van der Waals surface area contributed by atoms with Gasteiger partial charge in [0.15, 0.2) is 5.78 Å². The predicted octanol–water partition coefficient (Wildman–Crippen LogP) is 4.51. The Morgan fingerprint density at radius 3 is 2.38 bits per heavy atom. The van der Waals surface area contributed by atoms with Gasteiger partial charge in [-0.05, 0) is 30.5 Å². The number of benzene rings is 2. The summed E-state index contributed by atoms with van der Waals surface area (Å²) in [7, 11) is 0. The lowest BCUT2D eigenvalue weighted by atomic mass is 10.0. The number of carbonyl (C=O) groups excluding carboxylic acids is 1. The van der Waals surface area contributed by atoms with E-state index in [1.165, 1.54) is 0 Å². The van der Waals surface area contributed by atoms with Crippen LogP contribution in [0.3, 0.4) is 0 Å². The first-order valence-electron chi connectivity index (χ1n) is 7.15. The number of halogens is 1. The molecule has 1 atom stereocenters. The monoisotopic (exact) mass is 302 g/mol. The minimum Gasteiger partial charge on any atom is -0.494 e. The third-order valence-electron chi connectivity index (χ3n) is 3.15. The average molecular weight is 303 g/mol. The zero-order chi connectivity index (χ0) is 15.1. The van der Waals surface area contributed by atoms with Gasteiger partial charge in [-0.25, -0.2) is 0 Å². The molecule has 3 heteroatoms. The van der Waals surface area contributed by atoms with Crippen LogP contribution in [0.25, 0.3) is 0 Å². The Hall–Kier alpha value is -1.80. The lowest BCUT2D eigenvalue weighted by Crippen LogP contribution is -2.17. The van der Waals surface area contributed by atoms with Crippen LogP contribution in [0, 0.1) is 0 Å². The molecule has 2 aromatic rings. The van der Waals surface area contributed by atoms with E-state index in [1.54, 1.807) is 12.1 Å². The van der Waals surface area contributed by atoms with Crippen molar-refractivity contribution in [2.24, 2.45) is 0 Å². The second-order valence-electron chi connectivity index (χ2n) is 4.89. The van der Waals surface area contributed by atoms with E-state index in [0.29, 0.717) is 18.6 Å². The van der Waals surface area contributed by atoms with Crippen LogP contribution in [-0.4, -0.2) is 17.8 Å². The minimum absolute atomic E-state index is 0.0384. The first-order chi connectivity index (χ1) is 10.2. The van der Waals surface area contributed by atoms with Gasteiger partial charge in [0, 0.05) is 5.56 Å². The minimum atomic E-state index is -0.546. The van der Waals surface area contributed by atoms with E-state index in [4.69, 9.17) is 16.3 Å². The maximum atomic E-state index is 12.2. The number of rotatable bonds is 7. The summed E-state index contributed by atoms with van der Waals surface area (Å²) < 4.78 is 5.53. The number of ketones is 1. The summed E-state index contributed by atoms with van der Waals surface area (Å²) in [5, 5.41) is -0.546. The molecule has 0 heterocycles. The van der Waals surface area contributed by atoms with Gasteiger partial charge in [0.1, 0.15) is 11.1 Å². The molecule has 0 spiro atoms. The van der Waals surface area contributed by atoms with Gasteiger partial charge in [0.05, 0.1) is 6.61 Å². The van der Waals surface area contributed by atoms with E-state index in [9.17, 15) is 4.79 Å². The zero-order valence-electron chi connectivity index (χ0n) is 12.1. The van der Waals surface area contributed by atoms with E-state index in [1.807, 2.05) is 42.5 Å². The van der Waals surface area contributed by atoms with E-state index < -0.39 is 5.38 Å². The van der Waals surface area contributed by atoms with Crippen LogP contribution in [0.15, 0.2) is 54.6 Å². The quantitative estimate of drug-likeness (QED) is 0.556. The highest BCUT2D eigenvalue weighted by Gasteiger charge is 2.17. The number of hydrogen-bond donors (Lipinski definition) is 0. The summed E-state index contributed by atoms with van der Waals surface area (Å²) in [5.41, 5.74) is 1.68. The molecular weight excluding hydrogens is 284 g/mol. The summed E-state index contributed by atoms with van der Waals surface area (Å²) in [4.78, 5) is 12.2. The van der Waals surface area contributed by atoms with Crippen molar-refractivity contribution in [3.05, 3.63) is 65.7 Å². The van der Waals surface area contributed by atoms with Gasteiger partial charge in [-0.2, -0.15) is 0 Å². The van der Waals surface area contributed by atoms with E-state index in [-0.39, 0.29) is 5.78 Å². The van der Waals surface area contributed by atoms with E-state index in [2.05, 4.69) is 6.92 Å². The van der Waals surface area contributed by atoms with Crippen LogP contribution in [0.5, 0.6) is 5.75 Å². The Morgan fingerprint density at radius 1 is 1.10 bits per heavy atom. The molecule has 0 saturated carbocycles. The Bertz CT molecular complexity index is 564. The maximum Gasteiger partial charge on any atom is 0.180 e. The maximum absolute atomic E-state index is 12.2. The Labute approximate surface area is 130 Å². The summed E-state index contributed by atoms with van der Waals surface area (Å²) >= 11 is 6.24. The van der Waals surface area contributed by atoms with Gasteiger partial charge in [0.2, 0.25) is 0 Å². The molecule has 0 fully saturated rings. The van der Waals surface area contributed by atoms with Crippen molar-refractivity contribution < 1.29 is 9.53 Å². The van der Waals surface area contributed by atoms with Crippen molar-refractivity contribution in [1.82, 2.24) is 0 Å². The Morgan fingerprint density at radius 2 is 1.76 bits per heavy atom. The topological polar surface area (TPSA) is 26.3 Å². The highest BCUT2D eigenvalue weighted by molar-refractivity contribution is 6.34. The molecule has 0 aliphatic rings. The van der Waals surface area contributed by atoms with Gasteiger partial charge in [0.25, 0.3) is 0 Å². The van der Waals surface area contributed by atoms with Gasteiger partial charge in [-0.1, -0.05) is 49.4 Å². The molecule has 2 aromatic carbocycles. The Balaban J connectivity index is 1.96. The molecule has 0 aromatic heterocycles. The fraction of sp³-hybridized carbons (Fsp3) is 0.278. The van der Waals surface area contributed by atoms with Gasteiger partial charge >= 0.3 is 0 Å². The molecule has 0 N–H and O–H groups in total. The van der Waals surface area contributed by atoms with Crippen molar-refractivity contribution in [1.29, 1.82) is 0 Å². The van der Waals surface area contributed by atoms with E-state index >= 15 is 0 Å². The molecular formula is C18H19ClO2. The summed E-state index contributed by atoms with van der Waals surface area (Å²) in [6.07, 6.45) is 1.50. The van der Waals surface area contributed by atoms with Crippen LogP contribution >= 0.6 is 11.6 Å². The molecule has 1 unspecified atom stereocenters. The van der Waals surface area contributed by atoms with Crippen molar-refractivity contribution in [3.63, 3.8) is 0 Å². The normalized spacial score (nSPS) is 11.9. The van der Waals surface area contributed by atoms with Gasteiger partial charge in [-0.15, -0.1) is 11.6 Å². The number of alkyl halides is 1. The highest BCUT2D eigenvalue weighted by Crippen LogP contribution is 2.17. The molecule has 0 aliphatic heterocycles. The molecule has 0 radical (unpaired) electrons. The van der Waals surface area contributed by atoms with Crippen LogP contribution in [0.1, 0.15) is 29.3 Å². The van der Waals surface area contributed by atoms with Gasteiger partial charge in [-0.3, -0.25) is 4.79 Å².